The van der Waals surface area contributed by atoms with Crippen LogP contribution in [0.1, 0.15) is 28.0 Å². The quantitative estimate of drug-likeness (QED) is 0.588. The lowest BCUT2D eigenvalue weighted by atomic mass is 10.1. The molecule has 3 aromatic rings. The third-order valence-electron chi connectivity index (χ3n) is 4.19. The lowest BCUT2D eigenvalue weighted by Gasteiger charge is -2.10. The summed E-state index contributed by atoms with van der Waals surface area (Å²) in [5.74, 6) is -0.491. The lowest BCUT2D eigenvalue weighted by molar-refractivity contribution is -0.122. The fourth-order valence-corrected chi connectivity index (χ4v) is 2.61. The summed E-state index contributed by atoms with van der Waals surface area (Å²) in [5.41, 5.74) is 1.66. The monoisotopic (exact) mass is 395 g/mol. The molecule has 0 aliphatic heterocycles. The van der Waals surface area contributed by atoms with Crippen LogP contribution < -0.4 is 16.0 Å². The minimum absolute atomic E-state index is 0.100. The van der Waals surface area contributed by atoms with Gasteiger partial charge >= 0.3 is 0 Å². The Morgan fingerprint density at radius 3 is 2.38 bits per heavy atom. The highest BCUT2D eigenvalue weighted by molar-refractivity contribution is 6.02. The minimum Gasteiger partial charge on any atom is -0.451 e. The Morgan fingerprint density at radius 1 is 1.03 bits per heavy atom. The van der Waals surface area contributed by atoms with Gasteiger partial charge in [-0.2, -0.15) is 5.10 Å². The number of nitrogens with zero attached hydrogens (tertiary/aromatic N) is 2. The van der Waals surface area contributed by atoms with E-state index in [2.05, 4.69) is 21.0 Å². The van der Waals surface area contributed by atoms with Gasteiger partial charge in [-0.3, -0.25) is 19.1 Å². The van der Waals surface area contributed by atoms with Crippen molar-refractivity contribution in [2.75, 3.05) is 12.4 Å². The molecule has 1 aromatic carbocycles. The predicted molar refractivity (Wildman–Crippen MR) is 106 cm³/mol. The minimum atomic E-state index is -0.678. The summed E-state index contributed by atoms with van der Waals surface area (Å²) in [5, 5.41) is 11.8. The molecule has 0 spiro atoms. The fourth-order valence-electron chi connectivity index (χ4n) is 2.61. The molecule has 0 aliphatic carbocycles. The summed E-state index contributed by atoms with van der Waals surface area (Å²) in [4.78, 5) is 35.8. The summed E-state index contributed by atoms with van der Waals surface area (Å²) in [7, 11) is 3.24. The van der Waals surface area contributed by atoms with Gasteiger partial charge in [-0.25, -0.2) is 0 Å². The van der Waals surface area contributed by atoms with E-state index < -0.39 is 11.9 Å². The van der Waals surface area contributed by atoms with Gasteiger partial charge in [-0.1, -0.05) is 0 Å². The molecule has 3 rings (SSSR count). The number of carbonyl (C=O) groups excluding carboxylic acids is 3. The number of benzene rings is 1. The van der Waals surface area contributed by atoms with Gasteiger partial charge in [0, 0.05) is 31.5 Å². The molecule has 9 nitrogen and oxygen atoms in total. The van der Waals surface area contributed by atoms with Crippen LogP contribution >= 0.6 is 0 Å². The third-order valence-corrected chi connectivity index (χ3v) is 4.19. The van der Waals surface area contributed by atoms with Crippen LogP contribution in [0.3, 0.4) is 0 Å². The number of hydrogen-bond acceptors (Lipinski definition) is 5. The topological polar surface area (TPSA) is 118 Å². The Morgan fingerprint density at radius 2 is 1.76 bits per heavy atom. The molecule has 0 radical (unpaired) electrons. The number of aryl methyl sites for hydroxylation is 1. The predicted octanol–water partition coefficient (Wildman–Crippen LogP) is 1.80. The van der Waals surface area contributed by atoms with Crippen molar-refractivity contribution in [3.8, 4) is 11.3 Å². The molecule has 0 saturated heterocycles. The van der Waals surface area contributed by atoms with Crippen molar-refractivity contribution in [3.63, 3.8) is 0 Å². The summed E-state index contributed by atoms with van der Waals surface area (Å²) in [6, 6.07) is 11.1. The molecule has 0 bridgehead atoms. The molecule has 29 heavy (non-hydrogen) atoms. The summed E-state index contributed by atoms with van der Waals surface area (Å²) in [6.07, 6.45) is 1.69. The number of aromatic nitrogens is 2. The highest BCUT2D eigenvalue weighted by Gasteiger charge is 2.18. The first-order chi connectivity index (χ1) is 13.9. The van der Waals surface area contributed by atoms with Crippen LogP contribution in [-0.4, -0.2) is 40.6 Å². The largest absolute Gasteiger partial charge is 0.451 e. The Kier molecular flexibility index (Phi) is 5.77. The third kappa shape index (κ3) is 4.70. The van der Waals surface area contributed by atoms with E-state index in [0.29, 0.717) is 17.1 Å². The lowest BCUT2D eigenvalue weighted by Crippen LogP contribution is -2.43. The van der Waals surface area contributed by atoms with Crippen LogP contribution in [-0.2, 0) is 11.8 Å². The van der Waals surface area contributed by atoms with Crippen LogP contribution in [0.5, 0.6) is 0 Å². The van der Waals surface area contributed by atoms with E-state index >= 15 is 0 Å². The SMILES string of the molecule is CNC(=O)[C@H](C)NC(=O)c1ccc(-c2ccc(NC(=O)c3ccn(C)n3)cc2)o1. The average Bonchev–Trinajstić information content (AvgIpc) is 3.37. The zero-order chi connectivity index (χ0) is 21.0. The van der Waals surface area contributed by atoms with E-state index in [-0.39, 0.29) is 17.6 Å². The molecule has 9 heteroatoms. The van der Waals surface area contributed by atoms with Gasteiger partial charge in [0.1, 0.15) is 11.8 Å². The second kappa shape index (κ2) is 8.42. The average molecular weight is 395 g/mol. The van der Waals surface area contributed by atoms with E-state index in [1.807, 2.05) is 0 Å². The van der Waals surface area contributed by atoms with Crippen molar-refractivity contribution < 1.29 is 18.8 Å². The number of likely N-dealkylation sites (N-methyl/N-ethyl adjacent to an activating group) is 1. The van der Waals surface area contributed by atoms with Gasteiger partial charge in [-0.15, -0.1) is 0 Å². The second-order valence-corrected chi connectivity index (χ2v) is 6.38. The number of hydrogen-bond donors (Lipinski definition) is 3. The standard InChI is InChI=1S/C20H21N5O4/c1-12(18(26)21-2)22-20(28)17-9-8-16(29-17)13-4-6-14(7-5-13)23-19(27)15-10-11-25(3)24-15/h4-12H,1-3H3,(H,21,26)(H,22,28)(H,23,27)/t12-/m0/s1. The molecule has 0 aliphatic rings. The molecule has 2 heterocycles. The highest BCUT2D eigenvalue weighted by Crippen LogP contribution is 2.24. The molecule has 2 aromatic heterocycles. The number of rotatable bonds is 6. The Hall–Kier alpha value is -3.88. The van der Waals surface area contributed by atoms with Crippen molar-refractivity contribution >= 4 is 23.4 Å². The molecule has 3 amide bonds. The van der Waals surface area contributed by atoms with Gasteiger partial charge in [0.2, 0.25) is 5.91 Å². The Balaban J connectivity index is 1.65. The molecular weight excluding hydrogens is 374 g/mol. The maximum atomic E-state index is 12.2. The number of anilines is 1. The first-order valence-electron chi connectivity index (χ1n) is 8.91. The van der Waals surface area contributed by atoms with Crippen LogP contribution in [0.2, 0.25) is 0 Å². The van der Waals surface area contributed by atoms with Crippen molar-refractivity contribution in [1.29, 1.82) is 0 Å². The molecule has 150 valence electrons. The first-order valence-corrected chi connectivity index (χ1v) is 8.91. The maximum Gasteiger partial charge on any atom is 0.287 e. The van der Waals surface area contributed by atoms with Crippen molar-refractivity contribution in [2.45, 2.75) is 13.0 Å². The Bertz CT molecular complexity index is 1040. The van der Waals surface area contributed by atoms with Gasteiger partial charge in [0.15, 0.2) is 11.5 Å². The van der Waals surface area contributed by atoms with Gasteiger partial charge < -0.3 is 20.4 Å². The number of carbonyl (C=O) groups is 3. The number of amides is 3. The molecule has 0 unspecified atom stereocenters. The highest BCUT2D eigenvalue weighted by atomic mass is 16.4. The number of nitrogens with one attached hydrogen (secondary N) is 3. The Labute approximate surface area is 167 Å². The molecule has 3 N–H and O–H groups in total. The molecule has 0 fully saturated rings. The fraction of sp³-hybridized carbons (Fsp3) is 0.200. The van der Waals surface area contributed by atoms with Crippen molar-refractivity contribution in [3.05, 3.63) is 60.1 Å². The van der Waals surface area contributed by atoms with Gasteiger partial charge in [0.25, 0.3) is 11.8 Å². The number of furan rings is 1. The summed E-state index contributed by atoms with van der Waals surface area (Å²) < 4.78 is 7.15. The van der Waals surface area contributed by atoms with E-state index in [4.69, 9.17) is 4.42 Å². The van der Waals surface area contributed by atoms with Gasteiger partial charge in [0.05, 0.1) is 0 Å². The molecule has 0 saturated carbocycles. The van der Waals surface area contributed by atoms with Crippen molar-refractivity contribution in [1.82, 2.24) is 20.4 Å². The van der Waals surface area contributed by atoms with Crippen molar-refractivity contribution in [2.24, 2.45) is 7.05 Å². The van der Waals surface area contributed by atoms with Crippen LogP contribution in [0, 0.1) is 0 Å². The smallest absolute Gasteiger partial charge is 0.287 e. The summed E-state index contributed by atoms with van der Waals surface area (Å²) in [6.45, 7) is 1.58. The van der Waals surface area contributed by atoms with Gasteiger partial charge in [-0.05, 0) is 49.4 Å². The maximum absolute atomic E-state index is 12.2. The zero-order valence-electron chi connectivity index (χ0n) is 16.2. The van der Waals surface area contributed by atoms with Crippen LogP contribution in [0.25, 0.3) is 11.3 Å². The normalized spacial score (nSPS) is 11.6. The second-order valence-electron chi connectivity index (χ2n) is 6.38. The first kappa shape index (κ1) is 19.9. The van der Waals surface area contributed by atoms with E-state index in [9.17, 15) is 14.4 Å². The van der Waals surface area contributed by atoms with E-state index in [0.717, 1.165) is 5.56 Å². The zero-order valence-corrected chi connectivity index (χ0v) is 16.2. The molecular formula is C20H21N5O4. The summed E-state index contributed by atoms with van der Waals surface area (Å²) >= 11 is 0. The van der Waals surface area contributed by atoms with Crippen LogP contribution in [0.4, 0.5) is 5.69 Å². The van der Waals surface area contributed by atoms with E-state index in [1.165, 1.54) is 13.1 Å². The molecule has 1 atom stereocenters. The van der Waals surface area contributed by atoms with Crippen LogP contribution in [0.15, 0.2) is 53.1 Å². The van der Waals surface area contributed by atoms with E-state index in [1.54, 1.807) is 61.2 Å².